The first-order valence-corrected chi connectivity index (χ1v) is 6.15. The highest BCUT2D eigenvalue weighted by Crippen LogP contribution is 2.46. The molecule has 17 heavy (non-hydrogen) atoms. The molecular formula is C12H17BrClNO2. The Hall–Kier alpha value is -0.450. The van der Waals surface area contributed by atoms with E-state index < -0.39 is 0 Å². The van der Waals surface area contributed by atoms with Crippen LogP contribution in [0.3, 0.4) is 0 Å². The van der Waals surface area contributed by atoms with Gasteiger partial charge in [0.2, 0.25) is 0 Å². The highest BCUT2D eigenvalue weighted by atomic mass is 79.9. The molecule has 0 fully saturated rings. The van der Waals surface area contributed by atoms with Gasteiger partial charge in [-0.2, -0.15) is 0 Å². The number of nitrogens with two attached hydrogens (primary N) is 1. The second-order valence-corrected chi connectivity index (χ2v) is 4.81. The summed E-state index contributed by atoms with van der Waals surface area (Å²) in [7, 11) is 3.39. The van der Waals surface area contributed by atoms with Gasteiger partial charge in [0.1, 0.15) is 11.5 Å². The van der Waals surface area contributed by atoms with Gasteiger partial charge >= 0.3 is 0 Å². The molecule has 0 spiro atoms. The Kier molecular flexibility index (Phi) is 5.10. The van der Waals surface area contributed by atoms with E-state index in [4.69, 9.17) is 15.2 Å². The summed E-state index contributed by atoms with van der Waals surface area (Å²) in [6.07, 6.45) is 2.09. The lowest BCUT2D eigenvalue weighted by molar-refractivity contribution is 0.394. The number of hydrogen-bond acceptors (Lipinski definition) is 3. The second kappa shape index (κ2) is 5.94. The van der Waals surface area contributed by atoms with Gasteiger partial charge in [0.15, 0.2) is 0 Å². The number of halogens is 2. The smallest absolute Gasteiger partial charge is 0.136 e. The summed E-state index contributed by atoms with van der Waals surface area (Å²) < 4.78 is 11.8. The monoisotopic (exact) mass is 321 g/mol. The topological polar surface area (TPSA) is 44.5 Å². The third kappa shape index (κ3) is 2.39. The van der Waals surface area contributed by atoms with Crippen LogP contribution in [0.1, 0.15) is 23.5 Å². The average Bonchev–Trinajstić information content (AvgIpc) is 2.71. The fourth-order valence-electron chi connectivity index (χ4n) is 2.46. The molecule has 0 heterocycles. The molecule has 1 aromatic carbocycles. The molecule has 0 radical (unpaired) electrons. The molecule has 3 nitrogen and oxygen atoms in total. The maximum absolute atomic E-state index is 5.79. The molecule has 0 aromatic heterocycles. The number of methoxy groups -OCH3 is 2. The Morgan fingerprint density at radius 2 is 2.12 bits per heavy atom. The fourth-order valence-corrected chi connectivity index (χ4v) is 3.07. The minimum absolute atomic E-state index is 0. The first-order valence-electron chi connectivity index (χ1n) is 5.36. The highest BCUT2D eigenvalue weighted by Gasteiger charge is 2.29. The Labute approximate surface area is 116 Å². The molecule has 0 saturated heterocycles. The molecule has 0 bridgehead atoms. The van der Waals surface area contributed by atoms with Gasteiger partial charge in [0.05, 0.1) is 18.7 Å². The van der Waals surface area contributed by atoms with Crippen LogP contribution in [0.5, 0.6) is 11.5 Å². The SMILES string of the molecule is COc1cc(Br)c(OC)c2c1C(CN)CC2.Cl. The predicted octanol–water partition coefficient (Wildman–Crippen LogP) is 2.88. The summed E-state index contributed by atoms with van der Waals surface area (Å²) in [4.78, 5) is 0. The first kappa shape index (κ1) is 14.6. The molecule has 0 saturated carbocycles. The summed E-state index contributed by atoms with van der Waals surface area (Å²) in [6.45, 7) is 0.661. The van der Waals surface area contributed by atoms with Crippen molar-refractivity contribution in [2.75, 3.05) is 20.8 Å². The minimum Gasteiger partial charge on any atom is -0.496 e. The molecule has 0 aliphatic heterocycles. The molecule has 1 aliphatic carbocycles. The Morgan fingerprint density at radius 1 is 1.41 bits per heavy atom. The van der Waals surface area contributed by atoms with E-state index in [-0.39, 0.29) is 12.4 Å². The zero-order valence-electron chi connectivity index (χ0n) is 9.96. The quantitative estimate of drug-likeness (QED) is 0.930. The van der Waals surface area contributed by atoms with Crippen LogP contribution in [0.4, 0.5) is 0 Å². The van der Waals surface area contributed by atoms with Crippen molar-refractivity contribution < 1.29 is 9.47 Å². The summed E-state index contributed by atoms with van der Waals surface area (Å²) in [5.74, 6) is 2.23. The van der Waals surface area contributed by atoms with Crippen LogP contribution in [0.2, 0.25) is 0 Å². The molecule has 1 aromatic rings. The third-order valence-electron chi connectivity index (χ3n) is 3.20. The van der Waals surface area contributed by atoms with Crippen LogP contribution < -0.4 is 15.2 Å². The van der Waals surface area contributed by atoms with Crippen molar-refractivity contribution in [1.82, 2.24) is 0 Å². The van der Waals surface area contributed by atoms with Crippen LogP contribution in [-0.2, 0) is 6.42 Å². The van der Waals surface area contributed by atoms with Crippen molar-refractivity contribution in [2.45, 2.75) is 18.8 Å². The zero-order valence-corrected chi connectivity index (χ0v) is 12.4. The van der Waals surface area contributed by atoms with Crippen molar-refractivity contribution >= 4 is 28.3 Å². The summed E-state index contributed by atoms with van der Waals surface area (Å²) >= 11 is 3.51. The highest BCUT2D eigenvalue weighted by molar-refractivity contribution is 9.10. The number of ether oxygens (including phenoxy) is 2. The van der Waals surface area contributed by atoms with E-state index in [1.807, 2.05) is 6.07 Å². The van der Waals surface area contributed by atoms with Crippen molar-refractivity contribution in [3.8, 4) is 11.5 Å². The van der Waals surface area contributed by atoms with Gasteiger partial charge in [0, 0.05) is 17.0 Å². The standard InChI is InChI=1S/C12H16BrNO2.ClH/c1-15-10-5-9(13)12(16-2)8-4-3-7(6-14)11(8)10;/h5,7H,3-4,6,14H2,1-2H3;1H. The Bertz CT molecular complexity index is 412. The van der Waals surface area contributed by atoms with E-state index in [2.05, 4.69) is 15.9 Å². The van der Waals surface area contributed by atoms with Crippen molar-refractivity contribution in [1.29, 1.82) is 0 Å². The lowest BCUT2D eigenvalue weighted by atomic mass is 10.00. The summed E-state index contributed by atoms with van der Waals surface area (Å²) in [5, 5.41) is 0. The fraction of sp³-hybridized carbons (Fsp3) is 0.500. The van der Waals surface area contributed by atoms with E-state index in [1.165, 1.54) is 11.1 Å². The summed E-state index contributed by atoms with van der Waals surface area (Å²) in [6, 6.07) is 1.96. The molecule has 1 atom stereocenters. The maximum Gasteiger partial charge on any atom is 0.136 e. The predicted molar refractivity (Wildman–Crippen MR) is 74.6 cm³/mol. The number of rotatable bonds is 3. The molecule has 1 aliphatic rings. The number of hydrogen-bond donors (Lipinski definition) is 1. The number of benzene rings is 1. The Morgan fingerprint density at radius 3 is 2.65 bits per heavy atom. The van der Waals surface area contributed by atoms with E-state index in [1.54, 1.807) is 14.2 Å². The van der Waals surface area contributed by atoms with E-state index in [9.17, 15) is 0 Å². The second-order valence-electron chi connectivity index (χ2n) is 3.96. The molecular weight excluding hydrogens is 305 g/mol. The van der Waals surface area contributed by atoms with E-state index in [0.717, 1.165) is 28.8 Å². The molecule has 2 N–H and O–H groups in total. The largest absolute Gasteiger partial charge is 0.496 e. The van der Waals surface area contributed by atoms with Crippen molar-refractivity contribution in [2.24, 2.45) is 5.73 Å². The zero-order chi connectivity index (χ0) is 11.7. The van der Waals surface area contributed by atoms with Crippen LogP contribution in [0.25, 0.3) is 0 Å². The summed E-state index contributed by atoms with van der Waals surface area (Å²) in [5.41, 5.74) is 8.26. The van der Waals surface area contributed by atoms with Crippen LogP contribution in [0.15, 0.2) is 10.5 Å². The van der Waals surface area contributed by atoms with E-state index >= 15 is 0 Å². The van der Waals surface area contributed by atoms with Crippen LogP contribution >= 0.6 is 28.3 Å². The third-order valence-corrected chi connectivity index (χ3v) is 3.79. The van der Waals surface area contributed by atoms with Crippen LogP contribution in [0, 0.1) is 0 Å². The minimum atomic E-state index is 0. The normalized spacial score (nSPS) is 17.3. The van der Waals surface area contributed by atoms with Gasteiger partial charge in [-0.25, -0.2) is 0 Å². The molecule has 0 amide bonds. The van der Waals surface area contributed by atoms with Crippen LogP contribution in [-0.4, -0.2) is 20.8 Å². The molecule has 2 rings (SSSR count). The van der Waals surface area contributed by atoms with E-state index in [0.29, 0.717) is 12.5 Å². The first-order chi connectivity index (χ1) is 7.72. The molecule has 5 heteroatoms. The van der Waals surface area contributed by atoms with Crippen molar-refractivity contribution in [3.63, 3.8) is 0 Å². The maximum atomic E-state index is 5.79. The van der Waals surface area contributed by atoms with Gasteiger partial charge in [-0.15, -0.1) is 12.4 Å². The average molecular weight is 323 g/mol. The number of fused-ring (bicyclic) bond motifs is 1. The molecule has 96 valence electrons. The van der Waals surface area contributed by atoms with Crippen molar-refractivity contribution in [3.05, 3.63) is 21.7 Å². The van der Waals surface area contributed by atoms with Gasteiger partial charge in [-0.3, -0.25) is 0 Å². The Balaban J connectivity index is 0.00000144. The lowest BCUT2D eigenvalue weighted by Crippen LogP contribution is -2.10. The van der Waals surface area contributed by atoms with Gasteiger partial charge in [-0.1, -0.05) is 0 Å². The van der Waals surface area contributed by atoms with Gasteiger partial charge in [0.25, 0.3) is 0 Å². The van der Waals surface area contributed by atoms with Gasteiger partial charge in [-0.05, 0) is 41.4 Å². The van der Waals surface area contributed by atoms with Gasteiger partial charge < -0.3 is 15.2 Å². The lowest BCUT2D eigenvalue weighted by Gasteiger charge is -2.16. The molecule has 1 unspecified atom stereocenters.